The smallest absolute Gasteiger partial charge is 0.164 e. The third-order valence-corrected chi connectivity index (χ3v) is 10.9. The first-order valence-corrected chi connectivity index (χ1v) is 19.2. The minimum Gasteiger partial charge on any atom is -0.456 e. The summed E-state index contributed by atoms with van der Waals surface area (Å²) in [5.41, 5.74) is 11.1. The molecule has 0 aliphatic carbocycles. The summed E-state index contributed by atoms with van der Waals surface area (Å²) in [6.07, 6.45) is 0. The molecule has 0 spiro atoms. The third kappa shape index (κ3) is 6.01. The highest BCUT2D eigenvalue weighted by molar-refractivity contribution is 6.14. The summed E-state index contributed by atoms with van der Waals surface area (Å²) in [6, 6.07) is 70.1. The molecule has 0 fully saturated rings. The van der Waals surface area contributed by atoms with E-state index in [0.717, 1.165) is 55.3 Å². The highest BCUT2D eigenvalue weighted by Crippen LogP contribution is 2.41. The first kappa shape index (κ1) is 32.7. The molecule has 0 bridgehead atoms. The second-order valence-corrected chi connectivity index (χ2v) is 14.4. The van der Waals surface area contributed by atoms with E-state index in [4.69, 9.17) is 19.4 Å². The SMILES string of the molecule is c1ccc(-c2ccc3ccc(-c4cc(-c5nc(-c6ccccc6)nc(-c6ccc(-c7ccc8ccccc8c7)cc6)n5)cc5oc6ccccc6c45)cc3c2)cc1. The number of benzene rings is 9. The van der Waals surface area contributed by atoms with Crippen molar-refractivity contribution in [3.8, 4) is 67.5 Å². The predicted molar refractivity (Wildman–Crippen MR) is 235 cm³/mol. The normalized spacial score (nSPS) is 11.5. The van der Waals surface area contributed by atoms with E-state index in [2.05, 4.69) is 158 Å². The average Bonchev–Trinajstić information content (AvgIpc) is 3.67. The Kier molecular flexibility index (Phi) is 7.78. The number of nitrogens with zero attached hydrogens (tertiary/aromatic N) is 3. The lowest BCUT2D eigenvalue weighted by Gasteiger charge is -2.12. The summed E-state index contributed by atoms with van der Waals surface area (Å²) in [5.74, 6) is 1.79. The zero-order chi connectivity index (χ0) is 37.7. The van der Waals surface area contributed by atoms with Gasteiger partial charge in [-0.3, -0.25) is 0 Å². The van der Waals surface area contributed by atoms with Crippen molar-refractivity contribution in [1.29, 1.82) is 0 Å². The van der Waals surface area contributed by atoms with Crippen molar-refractivity contribution in [2.24, 2.45) is 0 Å². The number of para-hydroxylation sites is 1. The van der Waals surface area contributed by atoms with Gasteiger partial charge in [-0.05, 0) is 91.3 Å². The topological polar surface area (TPSA) is 51.8 Å². The molecule has 0 unspecified atom stereocenters. The van der Waals surface area contributed by atoms with Crippen LogP contribution in [-0.2, 0) is 0 Å². The molecule has 0 radical (unpaired) electrons. The Morgan fingerprint density at radius 3 is 1.47 bits per heavy atom. The van der Waals surface area contributed by atoms with E-state index in [0.29, 0.717) is 17.5 Å². The van der Waals surface area contributed by atoms with Crippen LogP contribution in [0.3, 0.4) is 0 Å². The minimum absolute atomic E-state index is 0.577. The van der Waals surface area contributed by atoms with Crippen molar-refractivity contribution in [3.05, 3.63) is 200 Å². The van der Waals surface area contributed by atoms with Crippen LogP contribution < -0.4 is 0 Å². The van der Waals surface area contributed by atoms with Gasteiger partial charge in [-0.1, -0.05) is 164 Å². The maximum atomic E-state index is 6.58. The lowest BCUT2D eigenvalue weighted by atomic mass is 9.94. The Labute approximate surface area is 329 Å². The molecule has 11 aromatic rings. The van der Waals surface area contributed by atoms with Gasteiger partial charge in [0.05, 0.1) is 0 Å². The van der Waals surface area contributed by atoms with E-state index >= 15 is 0 Å². The first-order valence-electron chi connectivity index (χ1n) is 19.2. The molecule has 2 aromatic heterocycles. The van der Waals surface area contributed by atoms with Gasteiger partial charge in [-0.2, -0.15) is 0 Å². The van der Waals surface area contributed by atoms with Crippen LogP contribution >= 0.6 is 0 Å². The summed E-state index contributed by atoms with van der Waals surface area (Å²) in [6.45, 7) is 0. The maximum Gasteiger partial charge on any atom is 0.164 e. The quantitative estimate of drug-likeness (QED) is 0.171. The van der Waals surface area contributed by atoms with Gasteiger partial charge in [-0.25, -0.2) is 15.0 Å². The molecule has 9 aromatic carbocycles. The van der Waals surface area contributed by atoms with Crippen LogP contribution in [0.2, 0.25) is 0 Å². The fraction of sp³-hybridized carbons (Fsp3) is 0. The molecule has 2 heterocycles. The first-order chi connectivity index (χ1) is 28.2. The van der Waals surface area contributed by atoms with E-state index in [9.17, 15) is 0 Å². The van der Waals surface area contributed by atoms with Crippen molar-refractivity contribution in [2.75, 3.05) is 0 Å². The van der Waals surface area contributed by atoms with Crippen molar-refractivity contribution in [2.45, 2.75) is 0 Å². The van der Waals surface area contributed by atoms with Gasteiger partial charge in [0.1, 0.15) is 11.2 Å². The van der Waals surface area contributed by atoms with Crippen LogP contribution in [-0.4, -0.2) is 15.0 Å². The van der Waals surface area contributed by atoms with Crippen LogP contribution in [0.5, 0.6) is 0 Å². The van der Waals surface area contributed by atoms with Gasteiger partial charge in [0, 0.05) is 27.5 Å². The molecule has 4 heteroatoms. The van der Waals surface area contributed by atoms with Gasteiger partial charge in [0.25, 0.3) is 0 Å². The molecule has 0 atom stereocenters. The van der Waals surface area contributed by atoms with Crippen LogP contribution in [0, 0.1) is 0 Å². The molecule has 0 saturated heterocycles. The zero-order valence-electron chi connectivity index (χ0n) is 30.8. The van der Waals surface area contributed by atoms with E-state index in [1.165, 1.54) is 38.2 Å². The molecule has 0 aliphatic rings. The number of furan rings is 1. The number of hydrogen-bond donors (Lipinski definition) is 0. The maximum absolute atomic E-state index is 6.58. The summed E-state index contributed by atoms with van der Waals surface area (Å²) in [4.78, 5) is 15.3. The van der Waals surface area contributed by atoms with E-state index < -0.39 is 0 Å². The van der Waals surface area contributed by atoms with Gasteiger partial charge in [0.2, 0.25) is 0 Å². The van der Waals surface area contributed by atoms with Crippen LogP contribution in [0.4, 0.5) is 0 Å². The second kappa shape index (κ2) is 13.6. The Hall–Kier alpha value is -7.69. The fourth-order valence-corrected chi connectivity index (χ4v) is 7.97. The highest BCUT2D eigenvalue weighted by atomic mass is 16.3. The lowest BCUT2D eigenvalue weighted by molar-refractivity contribution is 0.669. The standard InChI is InChI=1S/C53H33N3O/c1-3-11-34(12-4-1)42-27-22-37-23-28-43(31-44(37)30-42)47-32-45(33-49-50(47)46-17-9-10-18-48(46)57-49)53-55-51(38-14-5-2-6-15-38)54-52(56-53)39-24-19-36(20-25-39)41-26-21-35-13-7-8-16-40(35)29-41/h1-33H. The van der Waals surface area contributed by atoms with Crippen LogP contribution in [0.15, 0.2) is 205 Å². The van der Waals surface area contributed by atoms with Crippen molar-refractivity contribution in [3.63, 3.8) is 0 Å². The fourth-order valence-electron chi connectivity index (χ4n) is 7.97. The second-order valence-electron chi connectivity index (χ2n) is 14.4. The average molecular weight is 728 g/mol. The summed E-state index contributed by atoms with van der Waals surface area (Å²) >= 11 is 0. The van der Waals surface area contributed by atoms with Gasteiger partial charge in [0.15, 0.2) is 17.5 Å². The number of hydrogen-bond acceptors (Lipinski definition) is 4. The monoisotopic (exact) mass is 727 g/mol. The molecule has 266 valence electrons. The van der Waals surface area contributed by atoms with Gasteiger partial charge in [-0.15, -0.1) is 0 Å². The summed E-state index contributed by atoms with van der Waals surface area (Å²) in [7, 11) is 0. The molecule has 57 heavy (non-hydrogen) atoms. The molecular formula is C53H33N3O. The summed E-state index contributed by atoms with van der Waals surface area (Å²) in [5, 5.41) is 6.93. The lowest BCUT2D eigenvalue weighted by Crippen LogP contribution is -2.00. The highest BCUT2D eigenvalue weighted by Gasteiger charge is 2.19. The molecule has 0 aliphatic heterocycles. The molecule has 4 nitrogen and oxygen atoms in total. The molecular weight excluding hydrogens is 695 g/mol. The molecule has 0 saturated carbocycles. The van der Waals surface area contributed by atoms with Crippen LogP contribution in [0.1, 0.15) is 0 Å². The number of rotatable bonds is 6. The largest absolute Gasteiger partial charge is 0.456 e. The number of fused-ring (bicyclic) bond motifs is 5. The van der Waals surface area contributed by atoms with E-state index in [-0.39, 0.29) is 0 Å². The Balaban J connectivity index is 1.07. The third-order valence-electron chi connectivity index (χ3n) is 10.9. The number of aromatic nitrogens is 3. The van der Waals surface area contributed by atoms with Crippen molar-refractivity contribution >= 4 is 43.5 Å². The van der Waals surface area contributed by atoms with Gasteiger partial charge < -0.3 is 4.42 Å². The molecule has 0 N–H and O–H groups in total. The minimum atomic E-state index is 0.577. The Morgan fingerprint density at radius 1 is 0.281 bits per heavy atom. The van der Waals surface area contributed by atoms with Crippen LogP contribution in [0.25, 0.3) is 111 Å². The predicted octanol–water partition coefficient (Wildman–Crippen LogP) is 14.1. The van der Waals surface area contributed by atoms with Gasteiger partial charge >= 0.3 is 0 Å². The summed E-state index contributed by atoms with van der Waals surface area (Å²) < 4.78 is 6.58. The van der Waals surface area contributed by atoms with Crippen molar-refractivity contribution in [1.82, 2.24) is 15.0 Å². The molecule has 0 amide bonds. The zero-order valence-corrected chi connectivity index (χ0v) is 30.8. The van der Waals surface area contributed by atoms with E-state index in [1.807, 2.05) is 42.5 Å². The Morgan fingerprint density at radius 2 is 0.754 bits per heavy atom. The molecule has 11 rings (SSSR count). The Bertz CT molecular complexity index is 3280. The van der Waals surface area contributed by atoms with E-state index in [1.54, 1.807) is 0 Å². The van der Waals surface area contributed by atoms with Crippen molar-refractivity contribution < 1.29 is 4.42 Å².